The zero-order chi connectivity index (χ0) is 15.2. The summed E-state index contributed by atoms with van der Waals surface area (Å²) in [6, 6.07) is 7.40. The van der Waals surface area contributed by atoms with Crippen LogP contribution in [-0.4, -0.2) is 18.1 Å². The van der Waals surface area contributed by atoms with Crippen LogP contribution in [0.25, 0.3) is 0 Å². The topological polar surface area (TPSA) is 99.9 Å². The number of rotatable bonds is 7. The number of nitrogens with one attached hydrogen (secondary N) is 1. The molecule has 112 valence electrons. The number of carbonyl (C=O) groups is 1. The number of benzene rings is 1. The molecule has 0 heterocycles. The van der Waals surface area contributed by atoms with Crippen LogP contribution in [0.4, 0.5) is 0 Å². The Morgan fingerprint density at radius 3 is 2.40 bits per heavy atom. The minimum atomic E-state index is -4.02. The van der Waals surface area contributed by atoms with Gasteiger partial charge in [-0.15, -0.1) is 0 Å². The Balaban J connectivity index is 2.53. The van der Waals surface area contributed by atoms with Gasteiger partial charge in [-0.3, -0.25) is 4.84 Å². The Hall–Kier alpha value is -1.40. The summed E-state index contributed by atoms with van der Waals surface area (Å²) in [6.45, 7) is 5.07. The predicted octanol–water partition coefficient (Wildman–Crippen LogP) is 1.99. The van der Waals surface area contributed by atoms with Crippen LogP contribution in [-0.2, 0) is 18.7 Å². The summed E-state index contributed by atoms with van der Waals surface area (Å²) in [5, 5.41) is 0. The van der Waals surface area contributed by atoms with Gasteiger partial charge in [-0.1, -0.05) is 18.2 Å². The molecule has 0 amide bonds. The van der Waals surface area contributed by atoms with E-state index < -0.39 is 19.8 Å². The van der Waals surface area contributed by atoms with E-state index in [-0.39, 0.29) is 11.9 Å². The van der Waals surface area contributed by atoms with Crippen molar-refractivity contribution >= 4 is 13.7 Å². The highest BCUT2D eigenvalue weighted by Gasteiger charge is 2.28. The second-order valence-electron chi connectivity index (χ2n) is 4.36. The first-order chi connectivity index (χ1) is 9.30. The van der Waals surface area contributed by atoms with Crippen LogP contribution < -0.4 is 15.5 Å². The molecule has 0 saturated heterocycles. The summed E-state index contributed by atoms with van der Waals surface area (Å²) < 4.78 is 21.5. The first kappa shape index (κ1) is 16.7. The van der Waals surface area contributed by atoms with E-state index in [4.69, 9.17) is 14.9 Å². The fraction of sp³-hybridized carbons (Fsp3) is 0.417. The van der Waals surface area contributed by atoms with E-state index in [2.05, 4.69) is 10.0 Å². The average Bonchev–Trinajstić information content (AvgIpc) is 2.35. The zero-order valence-corrected chi connectivity index (χ0v) is 12.5. The van der Waals surface area contributed by atoms with E-state index in [0.29, 0.717) is 0 Å². The van der Waals surface area contributed by atoms with Crippen molar-refractivity contribution in [3.63, 3.8) is 0 Å². The van der Waals surface area contributed by atoms with Gasteiger partial charge in [-0.2, -0.15) is 5.48 Å². The molecule has 0 bridgehead atoms. The molecule has 0 aliphatic rings. The van der Waals surface area contributed by atoms with Crippen molar-refractivity contribution < 1.29 is 23.2 Å². The molecule has 0 radical (unpaired) electrons. The lowest BCUT2D eigenvalue weighted by molar-refractivity contribution is -0.142. The molecule has 0 aliphatic carbocycles. The van der Waals surface area contributed by atoms with Crippen molar-refractivity contribution in [2.24, 2.45) is 5.50 Å². The maximum absolute atomic E-state index is 11.9. The Morgan fingerprint density at radius 2 is 1.85 bits per heavy atom. The van der Waals surface area contributed by atoms with Gasteiger partial charge in [-0.05, 0) is 32.9 Å². The summed E-state index contributed by atoms with van der Waals surface area (Å²) in [6.07, 6.45) is -0.115. The molecule has 1 aromatic carbocycles. The van der Waals surface area contributed by atoms with E-state index in [1.165, 1.54) is 6.92 Å². The second kappa shape index (κ2) is 7.40. The molecule has 20 heavy (non-hydrogen) atoms. The van der Waals surface area contributed by atoms with Gasteiger partial charge in [0.25, 0.3) is 0 Å². The van der Waals surface area contributed by atoms with Gasteiger partial charge < -0.3 is 9.05 Å². The fourth-order valence-corrected chi connectivity index (χ4v) is 2.00. The van der Waals surface area contributed by atoms with Gasteiger partial charge in [0.15, 0.2) is 0 Å². The maximum Gasteiger partial charge on any atom is 0.512 e. The Bertz CT molecular complexity index is 480. The summed E-state index contributed by atoms with van der Waals surface area (Å²) in [5.74, 6) is -0.572. The lowest BCUT2D eigenvalue weighted by Gasteiger charge is -2.18. The van der Waals surface area contributed by atoms with Gasteiger partial charge >= 0.3 is 13.7 Å². The maximum atomic E-state index is 11.9. The molecule has 0 saturated carbocycles. The van der Waals surface area contributed by atoms with Gasteiger partial charge in [0, 0.05) is 0 Å². The molecule has 0 aliphatic heterocycles. The molecular weight excluding hydrogens is 283 g/mol. The van der Waals surface area contributed by atoms with Crippen LogP contribution in [0.1, 0.15) is 20.8 Å². The Labute approximate surface area is 117 Å². The highest BCUT2D eigenvalue weighted by Crippen LogP contribution is 2.40. The van der Waals surface area contributed by atoms with Crippen molar-refractivity contribution in [3.8, 4) is 5.75 Å². The third-order valence-electron chi connectivity index (χ3n) is 2.03. The van der Waals surface area contributed by atoms with Gasteiger partial charge in [0.2, 0.25) is 0 Å². The van der Waals surface area contributed by atoms with Crippen LogP contribution in [0.5, 0.6) is 5.75 Å². The standard InChI is InChI=1S/C12H19N2O5P/c1-9(2)17-14-10(3)12(15)19-20(13,16)18-11-7-5-4-6-8-11/h4-10,14H,1-3H3,(H2,13,16)/t10-,20?/m0/s1. The first-order valence-electron chi connectivity index (χ1n) is 6.08. The number of hydroxylamine groups is 1. The summed E-state index contributed by atoms with van der Waals surface area (Å²) >= 11 is 0. The highest BCUT2D eigenvalue weighted by molar-refractivity contribution is 7.52. The number of hydrogen-bond acceptors (Lipinski definition) is 6. The van der Waals surface area contributed by atoms with Gasteiger partial charge in [0.05, 0.1) is 6.10 Å². The molecule has 0 fully saturated rings. The summed E-state index contributed by atoms with van der Waals surface area (Å²) in [4.78, 5) is 16.7. The average molecular weight is 302 g/mol. The predicted molar refractivity (Wildman–Crippen MR) is 73.8 cm³/mol. The number of para-hydroxylation sites is 1. The van der Waals surface area contributed by atoms with E-state index in [9.17, 15) is 9.36 Å². The van der Waals surface area contributed by atoms with E-state index in [1.807, 2.05) is 0 Å². The lowest BCUT2D eigenvalue weighted by Crippen LogP contribution is -2.37. The summed E-state index contributed by atoms with van der Waals surface area (Å²) in [7, 11) is -4.02. The largest absolute Gasteiger partial charge is 0.512 e. The third kappa shape index (κ3) is 6.16. The third-order valence-corrected chi connectivity index (χ3v) is 2.93. The van der Waals surface area contributed by atoms with Crippen LogP contribution in [0.15, 0.2) is 30.3 Å². The molecule has 1 rings (SSSR count). The van der Waals surface area contributed by atoms with Gasteiger partial charge in [0.1, 0.15) is 11.8 Å². The van der Waals surface area contributed by atoms with Crippen molar-refractivity contribution in [1.29, 1.82) is 0 Å². The first-order valence-corrected chi connectivity index (χ1v) is 7.69. The summed E-state index contributed by atoms with van der Waals surface area (Å²) in [5.41, 5.74) is 7.83. The van der Waals surface area contributed by atoms with Crippen molar-refractivity contribution in [1.82, 2.24) is 5.48 Å². The molecule has 2 atom stereocenters. The molecule has 7 nitrogen and oxygen atoms in total. The smallest absolute Gasteiger partial charge is 0.405 e. The normalized spacial score (nSPS) is 15.4. The van der Waals surface area contributed by atoms with Gasteiger partial charge in [-0.25, -0.2) is 14.9 Å². The minimum absolute atomic E-state index is 0.115. The second-order valence-corrected chi connectivity index (χ2v) is 5.81. The Kier molecular flexibility index (Phi) is 6.16. The molecule has 1 unspecified atom stereocenters. The fourth-order valence-electron chi connectivity index (χ4n) is 1.14. The van der Waals surface area contributed by atoms with E-state index >= 15 is 0 Å². The van der Waals surface area contributed by atoms with Crippen molar-refractivity contribution in [2.45, 2.75) is 32.9 Å². The van der Waals surface area contributed by atoms with Crippen LogP contribution in [0.2, 0.25) is 0 Å². The van der Waals surface area contributed by atoms with Crippen molar-refractivity contribution in [2.75, 3.05) is 0 Å². The van der Waals surface area contributed by atoms with E-state index in [1.54, 1.807) is 44.2 Å². The van der Waals surface area contributed by atoms with Crippen molar-refractivity contribution in [3.05, 3.63) is 30.3 Å². The molecule has 3 N–H and O–H groups in total. The highest BCUT2D eigenvalue weighted by atomic mass is 31.2. The Morgan fingerprint density at radius 1 is 1.25 bits per heavy atom. The SMILES string of the molecule is CC(C)ON[C@@H](C)C(=O)OP(N)(=O)Oc1ccccc1. The molecule has 1 aromatic rings. The number of hydrogen-bond donors (Lipinski definition) is 2. The number of nitrogens with two attached hydrogens (primary N) is 1. The molecular formula is C12H19N2O5P. The zero-order valence-electron chi connectivity index (χ0n) is 11.6. The molecule has 0 spiro atoms. The number of carbonyl (C=O) groups excluding carboxylic acids is 1. The molecule has 8 heteroatoms. The van der Waals surface area contributed by atoms with E-state index in [0.717, 1.165) is 0 Å². The van der Waals surface area contributed by atoms with Crippen LogP contribution >= 0.6 is 7.75 Å². The quantitative estimate of drug-likeness (QED) is 0.587. The molecule has 0 aromatic heterocycles. The van der Waals surface area contributed by atoms with Crippen LogP contribution in [0.3, 0.4) is 0 Å². The van der Waals surface area contributed by atoms with Crippen LogP contribution in [0, 0.1) is 0 Å². The monoisotopic (exact) mass is 302 g/mol. The lowest BCUT2D eigenvalue weighted by atomic mass is 10.3. The minimum Gasteiger partial charge on any atom is -0.405 e.